The van der Waals surface area contributed by atoms with Crippen molar-refractivity contribution in [1.82, 2.24) is 15.5 Å². The summed E-state index contributed by atoms with van der Waals surface area (Å²) in [7, 11) is 0. The standard InChI is InChI=1S/C15H16N4O2/c20-14(17-9-6-7-9)13-18-15(21-19-13)11-3-1-5-12-10(11)4-2-8-16-12/h1,3,5,9,16H,2,4,6-8H2,(H,17,20). The van der Waals surface area contributed by atoms with E-state index in [2.05, 4.69) is 26.8 Å². The highest BCUT2D eigenvalue weighted by Crippen LogP contribution is 2.31. The van der Waals surface area contributed by atoms with Gasteiger partial charge in [0.05, 0.1) is 0 Å². The molecular formula is C15H16N4O2. The van der Waals surface area contributed by atoms with Gasteiger partial charge in [-0.3, -0.25) is 4.79 Å². The van der Waals surface area contributed by atoms with Crippen LogP contribution in [0.25, 0.3) is 11.5 Å². The van der Waals surface area contributed by atoms with Gasteiger partial charge in [0.1, 0.15) is 0 Å². The maximum atomic E-state index is 11.9. The van der Waals surface area contributed by atoms with Gasteiger partial charge in [0.15, 0.2) is 0 Å². The van der Waals surface area contributed by atoms with Crippen molar-refractivity contribution in [3.63, 3.8) is 0 Å². The van der Waals surface area contributed by atoms with Crippen LogP contribution >= 0.6 is 0 Å². The van der Waals surface area contributed by atoms with Crippen molar-refractivity contribution in [3.05, 3.63) is 29.6 Å². The van der Waals surface area contributed by atoms with Crippen LogP contribution in [0.5, 0.6) is 0 Å². The maximum absolute atomic E-state index is 11.9. The van der Waals surface area contributed by atoms with Gasteiger partial charge in [0.2, 0.25) is 0 Å². The van der Waals surface area contributed by atoms with Crippen molar-refractivity contribution in [2.75, 3.05) is 11.9 Å². The van der Waals surface area contributed by atoms with E-state index in [1.807, 2.05) is 12.1 Å². The molecule has 4 rings (SSSR count). The zero-order valence-corrected chi connectivity index (χ0v) is 11.6. The summed E-state index contributed by atoms with van der Waals surface area (Å²) in [5, 5.41) is 10.0. The molecule has 1 aliphatic heterocycles. The number of anilines is 1. The lowest BCUT2D eigenvalue weighted by Gasteiger charge is -2.19. The van der Waals surface area contributed by atoms with Gasteiger partial charge in [-0.25, -0.2) is 0 Å². The Balaban J connectivity index is 1.64. The Labute approximate surface area is 121 Å². The number of nitrogens with one attached hydrogen (secondary N) is 2. The Morgan fingerprint density at radius 3 is 3.14 bits per heavy atom. The number of amides is 1. The fourth-order valence-corrected chi connectivity index (χ4v) is 2.61. The van der Waals surface area contributed by atoms with Crippen LogP contribution in [0.3, 0.4) is 0 Å². The number of carbonyl (C=O) groups is 1. The van der Waals surface area contributed by atoms with Crippen molar-refractivity contribution < 1.29 is 9.32 Å². The van der Waals surface area contributed by atoms with E-state index in [0.29, 0.717) is 5.89 Å². The molecule has 0 unspecified atom stereocenters. The minimum Gasteiger partial charge on any atom is -0.385 e. The Hall–Kier alpha value is -2.37. The molecule has 1 amide bonds. The number of carbonyl (C=O) groups excluding carboxylic acids is 1. The summed E-state index contributed by atoms with van der Waals surface area (Å²) < 4.78 is 5.29. The molecule has 6 nitrogen and oxygen atoms in total. The fraction of sp³-hybridized carbons (Fsp3) is 0.400. The second-order valence-electron chi connectivity index (χ2n) is 5.53. The first-order valence-electron chi connectivity index (χ1n) is 7.32. The molecule has 2 aromatic rings. The highest BCUT2D eigenvalue weighted by Gasteiger charge is 2.26. The minimum absolute atomic E-state index is 0.110. The van der Waals surface area contributed by atoms with Gasteiger partial charge >= 0.3 is 0 Å². The van der Waals surface area contributed by atoms with Gasteiger partial charge in [0.25, 0.3) is 17.6 Å². The lowest BCUT2D eigenvalue weighted by Crippen LogP contribution is -2.26. The molecule has 1 aromatic carbocycles. The number of hydrogen-bond donors (Lipinski definition) is 2. The maximum Gasteiger partial charge on any atom is 0.292 e. The van der Waals surface area contributed by atoms with Crippen molar-refractivity contribution in [2.45, 2.75) is 31.7 Å². The molecule has 1 fully saturated rings. The highest BCUT2D eigenvalue weighted by molar-refractivity contribution is 5.91. The minimum atomic E-state index is -0.254. The average Bonchev–Trinajstić information content (AvgIpc) is 3.19. The summed E-state index contributed by atoms with van der Waals surface area (Å²) in [5.74, 6) is 0.269. The van der Waals surface area contributed by atoms with E-state index < -0.39 is 0 Å². The van der Waals surface area contributed by atoms with Gasteiger partial charge in [-0.2, -0.15) is 4.98 Å². The van der Waals surface area contributed by atoms with Crippen LogP contribution in [-0.2, 0) is 6.42 Å². The van der Waals surface area contributed by atoms with Crippen LogP contribution in [0.1, 0.15) is 35.4 Å². The van der Waals surface area contributed by atoms with Crippen molar-refractivity contribution >= 4 is 11.6 Å². The van der Waals surface area contributed by atoms with Gasteiger partial charge in [-0.15, -0.1) is 0 Å². The second-order valence-corrected chi connectivity index (χ2v) is 5.53. The molecule has 0 radical (unpaired) electrons. The van der Waals surface area contributed by atoms with E-state index in [1.54, 1.807) is 0 Å². The first kappa shape index (κ1) is 12.4. The summed E-state index contributed by atoms with van der Waals surface area (Å²) in [6.07, 6.45) is 4.13. The van der Waals surface area contributed by atoms with E-state index in [0.717, 1.165) is 43.5 Å². The van der Waals surface area contributed by atoms with Gasteiger partial charge < -0.3 is 15.2 Å². The van der Waals surface area contributed by atoms with Gasteiger partial charge in [-0.1, -0.05) is 11.2 Å². The van der Waals surface area contributed by atoms with Crippen LogP contribution in [0.2, 0.25) is 0 Å². The van der Waals surface area contributed by atoms with Crippen molar-refractivity contribution in [2.24, 2.45) is 0 Å². The van der Waals surface area contributed by atoms with Gasteiger partial charge in [-0.05, 0) is 43.4 Å². The molecule has 0 atom stereocenters. The average molecular weight is 284 g/mol. The smallest absolute Gasteiger partial charge is 0.292 e. The van der Waals surface area contributed by atoms with Gasteiger partial charge in [0, 0.05) is 23.8 Å². The second kappa shape index (κ2) is 4.87. The lowest BCUT2D eigenvalue weighted by molar-refractivity contribution is 0.0937. The summed E-state index contributed by atoms with van der Waals surface area (Å²) in [5.41, 5.74) is 3.21. The Bertz CT molecular complexity index is 691. The number of aromatic nitrogens is 2. The first-order chi connectivity index (χ1) is 10.3. The normalized spacial score (nSPS) is 17.0. The molecule has 0 saturated heterocycles. The molecule has 1 aliphatic carbocycles. The molecule has 2 N–H and O–H groups in total. The molecule has 0 spiro atoms. The molecule has 21 heavy (non-hydrogen) atoms. The number of hydrogen-bond acceptors (Lipinski definition) is 5. The summed E-state index contributed by atoms with van der Waals surface area (Å²) in [6, 6.07) is 6.26. The molecule has 1 aromatic heterocycles. The third-order valence-electron chi connectivity index (χ3n) is 3.87. The summed E-state index contributed by atoms with van der Waals surface area (Å²) in [4.78, 5) is 16.2. The van der Waals surface area contributed by atoms with Crippen molar-refractivity contribution in [1.29, 1.82) is 0 Å². The quantitative estimate of drug-likeness (QED) is 0.901. The number of nitrogens with zero attached hydrogens (tertiary/aromatic N) is 2. The first-order valence-corrected chi connectivity index (χ1v) is 7.32. The predicted molar refractivity (Wildman–Crippen MR) is 77.0 cm³/mol. The molecule has 2 heterocycles. The number of benzene rings is 1. The SMILES string of the molecule is O=C(NC1CC1)c1noc(-c2cccc3c2CCCN3)n1. The summed E-state index contributed by atoms with van der Waals surface area (Å²) >= 11 is 0. The fourth-order valence-electron chi connectivity index (χ4n) is 2.61. The zero-order chi connectivity index (χ0) is 14.2. The van der Waals surface area contributed by atoms with Crippen LogP contribution in [0, 0.1) is 0 Å². The molecule has 0 bridgehead atoms. The molecule has 6 heteroatoms. The molecular weight excluding hydrogens is 268 g/mol. The number of fused-ring (bicyclic) bond motifs is 1. The van der Waals surface area contributed by atoms with E-state index in [4.69, 9.17) is 4.52 Å². The highest BCUT2D eigenvalue weighted by atomic mass is 16.5. The van der Waals surface area contributed by atoms with Crippen LogP contribution < -0.4 is 10.6 Å². The third-order valence-corrected chi connectivity index (χ3v) is 3.87. The lowest BCUT2D eigenvalue weighted by atomic mass is 9.97. The Morgan fingerprint density at radius 2 is 2.29 bits per heavy atom. The molecule has 2 aliphatic rings. The molecule has 1 saturated carbocycles. The Kier molecular flexibility index (Phi) is 2.87. The largest absolute Gasteiger partial charge is 0.385 e. The monoisotopic (exact) mass is 284 g/mol. The van der Waals surface area contributed by atoms with E-state index in [1.165, 1.54) is 5.56 Å². The topological polar surface area (TPSA) is 80.0 Å². The number of rotatable bonds is 3. The zero-order valence-electron chi connectivity index (χ0n) is 11.6. The Morgan fingerprint density at radius 1 is 1.38 bits per heavy atom. The van der Waals surface area contributed by atoms with Crippen LogP contribution in [0.15, 0.2) is 22.7 Å². The van der Waals surface area contributed by atoms with Crippen LogP contribution in [0.4, 0.5) is 5.69 Å². The molecule has 108 valence electrons. The van der Waals surface area contributed by atoms with E-state index >= 15 is 0 Å². The van der Waals surface area contributed by atoms with E-state index in [-0.39, 0.29) is 17.8 Å². The summed E-state index contributed by atoms with van der Waals surface area (Å²) in [6.45, 7) is 0.981. The van der Waals surface area contributed by atoms with Crippen LogP contribution in [-0.4, -0.2) is 28.6 Å². The third kappa shape index (κ3) is 2.37. The van der Waals surface area contributed by atoms with E-state index in [9.17, 15) is 4.79 Å². The van der Waals surface area contributed by atoms with Crippen molar-refractivity contribution in [3.8, 4) is 11.5 Å². The predicted octanol–water partition coefficient (Wildman–Crippen LogP) is 1.99.